The topological polar surface area (TPSA) is 38.8 Å². The summed E-state index contributed by atoms with van der Waals surface area (Å²) in [4.78, 5) is 12.8. The standard InChI is InChI=1S/C12H12F3NO3/c1-18-9-3-2-4-10(19-12(13,14)15)11(9)16-6-5-8(17)7-16/h2-4H,5-7H2,1H3. The summed E-state index contributed by atoms with van der Waals surface area (Å²) in [6, 6.07) is 4.14. The molecule has 1 aromatic rings. The van der Waals surface area contributed by atoms with E-state index in [1.165, 1.54) is 30.2 Å². The Hall–Kier alpha value is -1.92. The molecule has 0 atom stereocenters. The zero-order chi connectivity index (χ0) is 14.0. The molecule has 0 spiro atoms. The summed E-state index contributed by atoms with van der Waals surface area (Å²) in [5, 5.41) is 0. The number of methoxy groups -OCH3 is 1. The second kappa shape index (κ2) is 4.99. The minimum Gasteiger partial charge on any atom is -0.494 e. The highest BCUT2D eigenvalue weighted by molar-refractivity contribution is 5.88. The quantitative estimate of drug-likeness (QED) is 0.849. The van der Waals surface area contributed by atoms with Crippen LogP contribution >= 0.6 is 0 Å². The van der Waals surface area contributed by atoms with Crippen LogP contribution in [0.3, 0.4) is 0 Å². The predicted octanol–water partition coefficient (Wildman–Crippen LogP) is 2.37. The van der Waals surface area contributed by atoms with Crippen molar-refractivity contribution in [3.63, 3.8) is 0 Å². The fourth-order valence-electron chi connectivity index (χ4n) is 2.01. The number of Topliss-reactive ketones (excluding diaryl/α,β-unsaturated/α-hetero) is 1. The number of halogens is 3. The van der Waals surface area contributed by atoms with Crippen molar-refractivity contribution >= 4 is 11.5 Å². The Morgan fingerprint density at radius 1 is 1.26 bits per heavy atom. The van der Waals surface area contributed by atoms with E-state index in [-0.39, 0.29) is 29.5 Å². The van der Waals surface area contributed by atoms with Crippen molar-refractivity contribution in [3.05, 3.63) is 18.2 Å². The molecule has 1 heterocycles. The fraction of sp³-hybridized carbons (Fsp3) is 0.417. The van der Waals surface area contributed by atoms with Gasteiger partial charge < -0.3 is 14.4 Å². The van der Waals surface area contributed by atoms with E-state index >= 15 is 0 Å². The van der Waals surface area contributed by atoms with E-state index in [4.69, 9.17) is 4.74 Å². The molecule has 1 aliphatic rings. The van der Waals surface area contributed by atoms with Crippen LogP contribution in [0.15, 0.2) is 18.2 Å². The molecule has 0 amide bonds. The number of nitrogens with zero attached hydrogens (tertiary/aromatic N) is 1. The van der Waals surface area contributed by atoms with Crippen molar-refractivity contribution in [2.75, 3.05) is 25.1 Å². The van der Waals surface area contributed by atoms with Crippen LogP contribution in [0, 0.1) is 0 Å². The van der Waals surface area contributed by atoms with Crippen LogP contribution in [0.5, 0.6) is 11.5 Å². The van der Waals surface area contributed by atoms with Crippen molar-refractivity contribution in [1.82, 2.24) is 0 Å². The molecular weight excluding hydrogens is 263 g/mol. The summed E-state index contributed by atoms with van der Waals surface area (Å²) in [5.74, 6) is -0.137. The van der Waals surface area contributed by atoms with Crippen LogP contribution in [0.2, 0.25) is 0 Å². The van der Waals surface area contributed by atoms with Gasteiger partial charge in [0.2, 0.25) is 0 Å². The van der Waals surface area contributed by atoms with Gasteiger partial charge in [0.15, 0.2) is 11.5 Å². The van der Waals surface area contributed by atoms with E-state index in [2.05, 4.69) is 4.74 Å². The normalized spacial score (nSPS) is 15.8. The van der Waals surface area contributed by atoms with Crippen molar-refractivity contribution in [1.29, 1.82) is 0 Å². The molecule has 7 heteroatoms. The minimum absolute atomic E-state index is 0.0242. The predicted molar refractivity (Wildman–Crippen MR) is 61.5 cm³/mol. The number of ketones is 1. The summed E-state index contributed by atoms with van der Waals surface area (Å²) in [6.07, 6.45) is -4.48. The van der Waals surface area contributed by atoms with Crippen molar-refractivity contribution < 1.29 is 27.4 Å². The number of carbonyl (C=O) groups excluding carboxylic acids is 1. The smallest absolute Gasteiger partial charge is 0.494 e. The Morgan fingerprint density at radius 3 is 2.47 bits per heavy atom. The summed E-state index contributed by atoms with van der Waals surface area (Å²) in [5.41, 5.74) is 0.160. The van der Waals surface area contributed by atoms with E-state index in [0.29, 0.717) is 13.0 Å². The van der Waals surface area contributed by atoms with E-state index in [0.717, 1.165) is 0 Å². The lowest BCUT2D eigenvalue weighted by Crippen LogP contribution is -2.24. The molecule has 1 fully saturated rings. The molecule has 0 bridgehead atoms. The maximum Gasteiger partial charge on any atom is 0.573 e. The second-order valence-corrected chi connectivity index (χ2v) is 4.07. The van der Waals surface area contributed by atoms with E-state index < -0.39 is 6.36 Å². The lowest BCUT2D eigenvalue weighted by Gasteiger charge is -2.23. The van der Waals surface area contributed by atoms with Crippen molar-refractivity contribution in [2.24, 2.45) is 0 Å². The summed E-state index contributed by atoms with van der Waals surface area (Å²) < 4.78 is 46.2. The van der Waals surface area contributed by atoms with Crippen LogP contribution < -0.4 is 14.4 Å². The SMILES string of the molecule is COc1cccc(OC(F)(F)F)c1N1CCC(=O)C1. The molecule has 0 unspecified atom stereocenters. The van der Waals surface area contributed by atoms with Gasteiger partial charge in [-0.25, -0.2) is 0 Å². The highest BCUT2D eigenvalue weighted by atomic mass is 19.4. The first-order valence-electron chi connectivity index (χ1n) is 5.60. The van der Waals surface area contributed by atoms with Crippen molar-refractivity contribution in [2.45, 2.75) is 12.8 Å². The Balaban J connectivity index is 2.40. The molecule has 0 radical (unpaired) electrons. The lowest BCUT2D eigenvalue weighted by atomic mass is 10.2. The highest BCUT2D eigenvalue weighted by Crippen LogP contribution is 2.41. The van der Waals surface area contributed by atoms with Crippen LogP contribution in [-0.2, 0) is 4.79 Å². The van der Waals surface area contributed by atoms with Gasteiger partial charge in [0, 0.05) is 13.0 Å². The Labute approximate surface area is 107 Å². The van der Waals surface area contributed by atoms with E-state index in [1.54, 1.807) is 0 Å². The molecule has 4 nitrogen and oxygen atoms in total. The summed E-state index contributed by atoms with van der Waals surface area (Å²) >= 11 is 0. The maximum absolute atomic E-state index is 12.4. The number of hydrogen-bond donors (Lipinski definition) is 0. The molecule has 0 saturated carbocycles. The van der Waals surface area contributed by atoms with Crippen molar-refractivity contribution in [3.8, 4) is 11.5 Å². The first kappa shape index (κ1) is 13.5. The van der Waals surface area contributed by atoms with E-state index in [1.807, 2.05) is 0 Å². The van der Waals surface area contributed by atoms with E-state index in [9.17, 15) is 18.0 Å². The average Bonchev–Trinajstić information content (AvgIpc) is 2.73. The number of hydrogen-bond acceptors (Lipinski definition) is 4. The summed E-state index contributed by atoms with van der Waals surface area (Å²) in [6.45, 7) is 0.419. The van der Waals surface area contributed by atoms with Gasteiger partial charge in [0.25, 0.3) is 0 Å². The maximum atomic E-state index is 12.4. The first-order valence-corrected chi connectivity index (χ1v) is 5.60. The fourth-order valence-corrected chi connectivity index (χ4v) is 2.01. The number of benzene rings is 1. The molecule has 0 aliphatic carbocycles. The number of rotatable bonds is 3. The number of anilines is 1. The lowest BCUT2D eigenvalue weighted by molar-refractivity contribution is -0.274. The van der Waals surface area contributed by atoms with Gasteiger partial charge >= 0.3 is 6.36 Å². The van der Waals surface area contributed by atoms with Gasteiger partial charge in [-0.2, -0.15) is 0 Å². The monoisotopic (exact) mass is 275 g/mol. The zero-order valence-electron chi connectivity index (χ0n) is 10.2. The Bertz CT molecular complexity index is 488. The number of carbonyl (C=O) groups is 1. The third-order valence-electron chi connectivity index (χ3n) is 2.75. The molecule has 0 aromatic heterocycles. The number of ether oxygens (including phenoxy) is 2. The molecule has 19 heavy (non-hydrogen) atoms. The molecule has 1 aliphatic heterocycles. The molecule has 1 saturated heterocycles. The largest absolute Gasteiger partial charge is 0.573 e. The summed E-state index contributed by atoms with van der Waals surface area (Å²) in [7, 11) is 1.36. The van der Waals surface area contributed by atoms with Crippen LogP contribution in [0.1, 0.15) is 6.42 Å². The third kappa shape index (κ3) is 3.10. The average molecular weight is 275 g/mol. The van der Waals surface area contributed by atoms with Gasteiger partial charge in [-0.3, -0.25) is 4.79 Å². The van der Waals surface area contributed by atoms with Gasteiger partial charge in [0.1, 0.15) is 11.4 Å². The zero-order valence-corrected chi connectivity index (χ0v) is 10.2. The van der Waals surface area contributed by atoms with Crippen LogP contribution in [-0.4, -0.2) is 32.3 Å². The Morgan fingerprint density at radius 2 is 1.95 bits per heavy atom. The number of para-hydroxylation sites is 1. The highest BCUT2D eigenvalue weighted by Gasteiger charge is 2.34. The van der Waals surface area contributed by atoms with Gasteiger partial charge in [0.05, 0.1) is 13.7 Å². The molecule has 1 aromatic carbocycles. The molecule has 104 valence electrons. The number of alkyl halides is 3. The van der Waals surface area contributed by atoms with Gasteiger partial charge in [-0.05, 0) is 12.1 Å². The first-order chi connectivity index (χ1) is 8.90. The minimum atomic E-state index is -4.79. The van der Waals surface area contributed by atoms with Gasteiger partial charge in [-0.1, -0.05) is 6.07 Å². The molecular formula is C12H12F3NO3. The second-order valence-electron chi connectivity index (χ2n) is 4.07. The third-order valence-corrected chi connectivity index (χ3v) is 2.75. The molecule has 0 N–H and O–H groups in total. The van der Waals surface area contributed by atoms with Crippen LogP contribution in [0.25, 0.3) is 0 Å². The Kier molecular flexibility index (Phi) is 3.55. The molecule has 2 rings (SSSR count). The van der Waals surface area contributed by atoms with Gasteiger partial charge in [-0.15, -0.1) is 13.2 Å². The van der Waals surface area contributed by atoms with Crippen LogP contribution in [0.4, 0.5) is 18.9 Å².